The van der Waals surface area contributed by atoms with Gasteiger partial charge in [0.15, 0.2) is 0 Å². The molecule has 0 unspecified atom stereocenters. The summed E-state index contributed by atoms with van der Waals surface area (Å²) in [7, 11) is 0. The second-order valence-electron chi connectivity index (χ2n) is 6.17. The molecule has 2 aromatic rings. The highest BCUT2D eigenvalue weighted by atomic mass is 32.2. The maximum atomic E-state index is 12.6. The van der Waals surface area contributed by atoms with Crippen LogP contribution in [0.4, 0.5) is 17.1 Å². The van der Waals surface area contributed by atoms with Gasteiger partial charge in [-0.15, -0.1) is 11.8 Å². The molecule has 3 rings (SSSR count). The Morgan fingerprint density at radius 3 is 2.77 bits per heavy atom. The van der Waals surface area contributed by atoms with Gasteiger partial charge in [-0.1, -0.05) is 18.2 Å². The van der Waals surface area contributed by atoms with E-state index >= 15 is 0 Å². The van der Waals surface area contributed by atoms with Crippen LogP contribution in [0.5, 0.6) is 0 Å². The Bertz CT molecular complexity index is 825. The van der Waals surface area contributed by atoms with E-state index in [1.807, 2.05) is 42.5 Å². The van der Waals surface area contributed by atoms with Crippen molar-refractivity contribution in [2.24, 2.45) is 5.73 Å². The van der Waals surface area contributed by atoms with Gasteiger partial charge in [-0.05, 0) is 42.7 Å². The number of fused-ring (bicyclic) bond motifs is 1. The van der Waals surface area contributed by atoms with Crippen molar-refractivity contribution in [3.8, 4) is 0 Å². The number of carbonyl (C=O) groups excluding carboxylic acids is 2. The second-order valence-corrected chi connectivity index (χ2v) is 7.19. The Kier molecular flexibility index (Phi) is 5.68. The normalized spacial score (nSPS) is 13.2. The summed E-state index contributed by atoms with van der Waals surface area (Å²) in [6.07, 6.45) is 1.91. The van der Waals surface area contributed by atoms with Crippen molar-refractivity contribution >= 4 is 40.6 Å². The lowest BCUT2D eigenvalue weighted by molar-refractivity contribution is -0.116. The van der Waals surface area contributed by atoms with E-state index in [0.29, 0.717) is 5.69 Å². The van der Waals surface area contributed by atoms with E-state index in [4.69, 9.17) is 11.5 Å². The highest BCUT2D eigenvalue weighted by Gasteiger charge is 2.21. The quantitative estimate of drug-likeness (QED) is 0.535. The average molecular weight is 370 g/mol. The van der Waals surface area contributed by atoms with E-state index in [1.165, 1.54) is 11.8 Å². The van der Waals surface area contributed by atoms with E-state index in [0.717, 1.165) is 41.2 Å². The summed E-state index contributed by atoms with van der Waals surface area (Å²) in [5.41, 5.74) is 14.9. The number of hydrogen-bond donors (Lipinski definition) is 3. The van der Waals surface area contributed by atoms with E-state index in [1.54, 1.807) is 0 Å². The molecule has 0 aliphatic carbocycles. The lowest BCUT2D eigenvalue weighted by Crippen LogP contribution is -2.37. The number of thioether (sulfide) groups is 1. The zero-order valence-electron chi connectivity index (χ0n) is 14.4. The van der Waals surface area contributed by atoms with Gasteiger partial charge in [0.05, 0.1) is 18.0 Å². The van der Waals surface area contributed by atoms with Gasteiger partial charge in [0, 0.05) is 22.8 Å². The molecule has 1 aliphatic rings. The summed E-state index contributed by atoms with van der Waals surface area (Å²) in [6.45, 7) is 1.08. The number of primary amides is 1. The van der Waals surface area contributed by atoms with Crippen LogP contribution in [0.25, 0.3) is 0 Å². The molecule has 1 heterocycles. The topological polar surface area (TPSA) is 101 Å². The fraction of sp³-hybridized carbons (Fsp3) is 0.263. The minimum atomic E-state index is -0.390. The van der Waals surface area contributed by atoms with Crippen LogP contribution < -0.4 is 21.7 Å². The van der Waals surface area contributed by atoms with Crippen molar-refractivity contribution in [3.05, 3.63) is 48.0 Å². The number of amides is 2. The Balaban J connectivity index is 1.69. The summed E-state index contributed by atoms with van der Waals surface area (Å²) >= 11 is 1.31. The van der Waals surface area contributed by atoms with E-state index in [2.05, 4.69) is 10.2 Å². The highest BCUT2D eigenvalue weighted by Crippen LogP contribution is 2.31. The first kappa shape index (κ1) is 18.1. The minimum Gasteiger partial charge on any atom is -0.398 e. The first-order valence-electron chi connectivity index (χ1n) is 8.47. The van der Waals surface area contributed by atoms with Crippen molar-refractivity contribution in [1.29, 1.82) is 0 Å². The number of anilines is 3. The van der Waals surface area contributed by atoms with Gasteiger partial charge in [0.2, 0.25) is 11.8 Å². The molecule has 7 heteroatoms. The van der Waals surface area contributed by atoms with Gasteiger partial charge in [-0.2, -0.15) is 0 Å². The molecule has 0 bridgehead atoms. The van der Waals surface area contributed by atoms with Crippen LogP contribution in [-0.2, 0) is 16.0 Å². The van der Waals surface area contributed by atoms with E-state index in [9.17, 15) is 9.59 Å². The Morgan fingerprint density at radius 2 is 1.96 bits per heavy atom. The lowest BCUT2D eigenvalue weighted by Gasteiger charge is -2.31. The van der Waals surface area contributed by atoms with Crippen molar-refractivity contribution in [2.45, 2.75) is 17.7 Å². The third-order valence-electron chi connectivity index (χ3n) is 4.25. The van der Waals surface area contributed by atoms with E-state index < -0.39 is 5.91 Å². The molecule has 0 saturated heterocycles. The predicted octanol–water partition coefficient (Wildman–Crippen LogP) is 2.24. The van der Waals surface area contributed by atoms with Crippen LogP contribution in [0.1, 0.15) is 12.0 Å². The van der Waals surface area contributed by atoms with Crippen LogP contribution in [0, 0.1) is 0 Å². The standard InChI is InChI=1S/C19H22N4O2S/c20-14-6-3-8-16-13(14)5-4-10-23(16)11-19(25)22-15-7-1-2-9-17(15)26-12-18(21)24/h1-3,6-9H,4-5,10-12,20H2,(H2,21,24)(H,22,25). The molecule has 0 fully saturated rings. The van der Waals surface area contributed by atoms with Crippen molar-refractivity contribution < 1.29 is 9.59 Å². The molecular weight excluding hydrogens is 348 g/mol. The third kappa shape index (κ3) is 4.29. The number of nitrogens with zero attached hydrogens (tertiary/aromatic N) is 1. The van der Waals surface area contributed by atoms with Crippen molar-refractivity contribution in [3.63, 3.8) is 0 Å². The molecule has 0 radical (unpaired) electrons. The number of nitrogens with one attached hydrogen (secondary N) is 1. The predicted molar refractivity (Wildman–Crippen MR) is 106 cm³/mol. The fourth-order valence-electron chi connectivity index (χ4n) is 3.10. The Hall–Kier alpha value is -2.67. The smallest absolute Gasteiger partial charge is 0.243 e. The van der Waals surface area contributed by atoms with Crippen LogP contribution in [-0.4, -0.2) is 30.7 Å². The highest BCUT2D eigenvalue weighted by molar-refractivity contribution is 8.00. The molecule has 6 nitrogen and oxygen atoms in total. The number of para-hydroxylation sites is 1. The first-order valence-corrected chi connectivity index (χ1v) is 9.45. The third-order valence-corrected chi connectivity index (χ3v) is 5.34. The molecule has 0 spiro atoms. The maximum absolute atomic E-state index is 12.6. The van der Waals surface area contributed by atoms with Crippen LogP contribution in [0.15, 0.2) is 47.4 Å². The SMILES string of the molecule is NC(=O)CSc1ccccc1NC(=O)CN1CCCc2c(N)cccc21. The number of nitrogens with two attached hydrogens (primary N) is 2. The van der Waals surface area contributed by atoms with Crippen LogP contribution >= 0.6 is 11.8 Å². The number of hydrogen-bond acceptors (Lipinski definition) is 5. The summed E-state index contributed by atoms with van der Waals surface area (Å²) in [5, 5.41) is 2.94. The Morgan fingerprint density at radius 1 is 1.15 bits per heavy atom. The van der Waals surface area contributed by atoms with E-state index in [-0.39, 0.29) is 18.2 Å². The zero-order chi connectivity index (χ0) is 18.5. The fourth-order valence-corrected chi connectivity index (χ4v) is 3.85. The van der Waals surface area contributed by atoms with Gasteiger partial charge < -0.3 is 21.7 Å². The molecule has 0 aromatic heterocycles. The molecule has 136 valence electrons. The second kappa shape index (κ2) is 8.14. The maximum Gasteiger partial charge on any atom is 0.243 e. The molecule has 26 heavy (non-hydrogen) atoms. The Labute approximate surface area is 156 Å². The largest absolute Gasteiger partial charge is 0.398 e. The minimum absolute atomic E-state index is 0.104. The van der Waals surface area contributed by atoms with Gasteiger partial charge in [-0.3, -0.25) is 9.59 Å². The molecule has 0 saturated carbocycles. The molecule has 0 atom stereocenters. The summed E-state index contributed by atoms with van der Waals surface area (Å²) in [6, 6.07) is 13.2. The van der Waals surface area contributed by atoms with Crippen molar-refractivity contribution in [2.75, 3.05) is 34.8 Å². The molecule has 2 amide bonds. The van der Waals surface area contributed by atoms with Gasteiger partial charge >= 0.3 is 0 Å². The van der Waals surface area contributed by atoms with Crippen LogP contribution in [0.3, 0.4) is 0 Å². The van der Waals surface area contributed by atoms with Gasteiger partial charge in [0.25, 0.3) is 0 Å². The summed E-state index contributed by atoms with van der Waals surface area (Å²) in [4.78, 5) is 26.5. The number of rotatable bonds is 6. The van der Waals surface area contributed by atoms with Crippen molar-refractivity contribution in [1.82, 2.24) is 0 Å². The van der Waals surface area contributed by atoms with Gasteiger partial charge in [0.1, 0.15) is 0 Å². The molecule has 2 aromatic carbocycles. The number of carbonyl (C=O) groups is 2. The number of benzene rings is 2. The first-order chi connectivity index (χ1) is 12.5. The van der Waals surface area contributed by atoms with Crippen LogP contribution in [0.2, 0.25) is 0 Å². The summed E-state index contributed by atoms with van der Waals surface area (Å²) in [5.74, 6) is -0.322. The number of nitrogen functional groups attached to an aromatic ring is 1. The monoisotopic (exact) mass is 370 g/mol. The molecular formula is C19H22N4O2S. The van der Waals surface area contributed by atoms with Gasteiger partial charge in [-0.25, -0.2) is 0 Å². The molecule has 5 N–H and O–H groups in total. The lowest BCUT2D eigenvalue weighted by atomic mass is 10.00. The zero-order valence-corrected chi connectivity index (χ0v) is 15.2. The molecule has 1 aliphatic heterocycles. The summed E-state index contributed by atoms with van der Waals surface area (Å²) < 4.78 is 0. The average Bonchev–Trinajstić information content (AvgIpc) is 2.62.